The number of hydrazone groups is 1. The van der Waals surface area contributed by atoms with Gasteiger partial charge < -0.3 is 0 Å². The highest BCUT2D eigenvalue weighted by Crippen LogP contribution is 2.36. The molecule has 1 amide bonds. The summed E-state index contributed by atoms with van der Waals surface area (Å²) in [6, 6.07) is 7.70. The molecule has 2 atom stereocenters. The molecule has 1 aliphatic heterocycles. The van der Waals surface area contributed by atoms with Crippen LogP contribution in [0.15, 0.2) is 29.4 Å². The predicted molar refractivity (Wildman–Crippen MR) is 73.6 cm³/mol. The molecule has 0 bridgehead atoms. The smallest absolute Gasteiger partial charge is 0.272 e. The molecule has 0 saturated heterocycles. The Morgan fingerprint density at radius 2 is 1.78 bits per heavy atom. The molecule has 0 saturated carbocycles. The first kappa shape index (κ1) is 16.5. The minimum atomic E-state index is -4.49. The van der Waals surface area contributed by atoms with Crippen LogP contribution in [0.3, 0.4) is 0 Å². The molecule has 0 fully saturated rings. The number of alkyl halides is 3. The van der Waals surface area contributed by atoms with Gasteiger partial charge in [-0.05, 0) is 24.6 Å². The third kappa shape index (κ3) is 3.16. The van der Waals surface area contributed by atoms with Crippen molar-refractivity contribution >= 4 is 11.6 Å². The highest BCUT2D eigenvalue weighted by Gasteiger charge is 2.41. The molecule has 5 nitrogen and oxygen atoms in total. The van der Waals surface area contributed by atoms with Gasteiger partial charge in [0.1, 0.15) is 5.92 Å². The van der Waals surface area contributed by atoms with Crippen LogP contribution >= 0.6 is 0 Å². The van der Waals surface area contributed by atoms with Crippen LogP contribution < -0.4 is 5.43 Å². The Bertz CT molecular complexity index is 711. The molecule has 1 aromatic rings. The number of nitrogens with one attached hydrogen (secondary N) is 1. The number of carbonyl (C=O) groups excluding carboxylic acids is 1. The van der Waals surface area contributed by atoms with E-state index in [4.69, 9.17) is 10.5 Å². The lowest BCUT2D eigenvalue weighted by Gasteiger charge is -2.23. The summed E-state index contributed by atoms with van der Waals surface area (Å²) in [6.45, 7) is 1.56. The fourth-order valence-corrected chi connectivity index (χ4v) is 2.56. The summed E-state index contributed by atoms with van der Waals surface area (Å²) in [6.07, 6.45) is -4.49. The van der Waals surface area contributed by atoms with Crippen LogP contribution in [-0.2, 0) is 11.0 Å². The zero-order valence-corrected chi connectivity index (χ0v) is 11.9. The topological polar surface area (TPSA) is 89.0 Å². The average Bonchev–Trinajstić information content (AvgIpc) is 2.83. The Balaban J connectivity index is 2.47. The van der Waals surface area contributed by atoms with E-state index >= 15 is 0 Å². The van der Waals surface area contributed by atoms with Crippen LogP contribution in [0.2, 0.25) is 0 Å². The van der Waals surface area contributed by atoms with E-state index in [1.807, 2.05) is 0 Å². The van der Waals surface area contributed by atoms with Gasteiger partial charge in [-0.3, -0.25) is 4.79 Å². The van der Waals surface area contributed by atoms with Crippen LogP contribution in [0, 0.1) is 34.5 Å². The number of carbonyl (C=O) groups is 1. The quantitative estimate of drug-likeness (QED) is 0.928. The second-order valence-corrected chi connectivity index (χ2v) is 5.09. The normalized spacial score (nSPS) is 18.8. The molecule has 118 valence electrons. The molecule has 1 heterocycles. The van der Waals surface area contributed by atoms with Gasteiger partial charge in [0.25, 0.3) is 0 Å². The van der Waals surface area contributed by atoms with Crippen LogP contribution in [0.5, 0.6) is 0 Å². The fourth-order valence-electron chi connectivity index (χ4n) is 2.56. The number of rotatable bonds is 3. The molecule has 1 N–H and O–H groups in total. The van der Waals surface area contributed by atoms with Crippen molar-refractivity contribution in [2.24, 2.45) is 16.9 Å². The third-order valence-corrected chi connectivity index (χ3v) is 3.69. The van der Waals surface area contributed by atoms with Crippen LogP contribution in [0.25, 0.3) is 0 Å². The van der Waals surface area contributed by atoms with E-state index in [9.17, 15) is 18.0 Å². The highest BCUT2D eigenvalue weighted by atomic mass is 19.4. The van der Waals surface area contributed by atoms with Gasteiger partial charge in [0.05, 0.1) is 23.6 Å². The minimum absolute atomic E-state index is 0.308. The molecule has 23 heavy (non-hydrogen) atoms. The summed E-state index contributed by atoms with van der Waals surface area (Å²) in [5.41, 5.74) is 2.11. The monoisotopic (exact) mass is 320 g/mol. The van der Waals surface area contributed by atoms with E-state index in [1.165, 1.54) is 12.1 Å². The van der Waals surface area contributed by atoms with Crippen molar-refractivity contribution in [2.45, 2.75) is 19.0 Å². The number of hydrogen-bond donors (Lipinski definition) is 1. The lowest BCUT2D eigenvalue weighted by molar-refractivity contribution is -0.137. The first-order valence-corrected chi connectivity index (χ1v) is 6.60. The summed E-state index contributed by atoms with van der Waals surface area (Å²) < 4.78 is 37.9. The number of amides is 1. The van der Waals surface area contributed by atoms with Gasteiger partial charge in [-0.25, -0.2) is 5.43 Å². The molecule has 1 aromatic carbocycles. The number of halogens is 3. The fraction of sp³-hybridized carbons (Fsp3) is 0.333. The van der Waals surface area contributed by atoms with Crippen molar-refractivity contribution in [3.8, 4) is 12.1 Å². The molecule has 0 unspecified atom stereocenters. The Morgan fingerprint density at radius 3 is 2.17 bits per heavy atom. The number of nitriles is 2. The number of benzene rings is 1. The first-order chi connectivity index (χ1) is 10.8. The first-order valence-electron chi connectivity index (χ1n) is 6.60. The summed E-state index contributed by atoms with van der Waals surface area (Å²) in [5, 5.41) is 22.1. The van der Waals surface area contributed by atoms with E-state index < -0.39 is 35.4 Å². The van der Waals surface area contributed by atoms with Crippen molar-refractivity contribution in [3.63, 3.8) is 0 Å². The Kier molecular flexibility index (Phi) is 4.37. The van der Waals surface area contributed by atoms with Crippen LogP contribution in [0.4, 0.5) is 13.2 Å². The van der Waals surface area contributed by atoms with E-state index in [0.29, 0.717) is 11.3 Å². The molecule has 2 rings (SSSR count). The van der Waals surface area contributed by atoms with Crippen molar-refractivity contribution in [2.75, 3.05) is 0 Å². The molecular formula is C15H11F3N4O. The zero-order valence-electron chi connectivity index (χ0n) is 11.9. The van der Waals surface area contributed by atoms with Gasteiger partial charge in [-0.2, -0.15) is 28.8 Å². The largest absolute Gasteiger partial charge is 0.416 e. The maximum absolute atomic E-state index is 12.6. The Morgan fingerprint density at radius 1 is 1.22 bits per heavy atom. The highest BCUT2D eigenvalue weighted by molar-refractivity contribution is 6.07. The van der Waals surface area contributed by atoms with E-state index in [2.05, 4.69) is 10.5 Å². The minimum Gasteiger partial charge on any atom is -0.272 e. The molecule has 0 aromatic heterocycles. The lowest BCUT2D eigenvalue weighted by atomic mass is 9.75. The molecule has 1 aliphatic rings. The van der Waals surface area contributed by atoms with Gasteiger partial charge >= 0.3 is 6.18 Å². The average molecular weight is 320 g/mol. The van der Waals surface area contributed by atoms with Crippen LogP contribution in [0.1, 0.15) is 24.0 Å². The molecule has 0 spiro atoms. The van der Waals surface area contributed by atoms with E-state index in [-0.39, 0.29) is 0 Å². The molecule has 0 aliphatic carbocycles. The van der Waals surface area contributed by atoms with Crippen molar-refractivity contribution in [3.05, 3.63) is 35.4 Å². The van der Waals surface area contributed by atoms with Gasteiger partial charge in [0.2, 0.25) is 5.91 Å². The SMILES string of the molecule is CC1=NNC(=O)[C@@H]1[C@@H](c1ccc(C(F)(F)F)cc1)C(C#N)C#N. The maximum atomic E-state index is 12.6. The van der Waals surface area contributed by atoms with E-state index in [1.54, 1.807) is 19.1 Å². The van der Waals surface area contributed by atoms with Gasteiger partial charge in [0, 0.05) is 11.6 Å². The standard InChI is InChI=1S/C15H11F3N4O/c1-8-12(14(23)22-21-8)13(10(6-19)7-20)9-2-4-11(5-3-9)15(16,17)18/h2-5,10,12-13H,1H3,(H,22,23)/t12-,13-/m0/s1. The number of nitrogens with zero attached hydrogens (tertiary/aromatic N) is 3. The van der Waals surface area contributed by atoms with Crippen molar-refractivity contribution in [1.29, 1.82) is 10.5 Å². The second-order valence-electron chi connectivity index (χ2n) is 5.09. The summed E-state index contributed by atoms with van der Waals surface area (Å²) in [4.78, 5) is 11.9. The second kappa shape index (κ2) is 6.09. The van der Waals surface area contributed by atoms with Crippen molar-refractivity contribution < 1.29 is 18.0 Å². The third-order valence-electron chi connectivity index (χ3n) is 3.69. The van der Waals surface area contributed by atoms with Crippen molar-refractivity contribution in [1.82, 2.24) is 5.43 Å². The van der Waals surface area contributed by atoms with Crippen LogP contribution in [-0.4, -0.2) is 11.6 Å². The molecule has 8 heteroatoms. The molecular weight excluding hydrogens is 309 g/mol. The van der Waals surface area contributed by atoms with Gasteiger partial charge in [-0.1, -0.05) is 12.1 Å². The summed E-state index contributed by atoms with van der Waals surface area (Å²) in [5.74, 6) is -3.43. The lowest BCUT2D eigenvalue weighted by Crippen LogP contribution is -2.32. The Hall–Kier alpha value is -2.87. The molecule has 0 radical (unpaired) electrons. The predicted octanol–water partition coefficient (Wildman–Crippen LogP) is 2.57. The van der Waals surface area contributed by atoms with Gasteiger partial charge in [0.15, 0.2) is 0 Å². The zero-order chi connectivity index (χ0) is 17.2. The summed E-state index contributed by atoms with van der Waals surface area (Å²) in [7, 11) is 0. The van der Waals surface area contributed by atoms with Gasteiger partial charge in [-0.15, -0.1) is 0 Å². The summed E-state index contributed by atoms with van der Waals surface area (Å²) >= 11 is 0. The Labute approximate surface area is 130 Å². The maximum Gasteiger partial charge on any atom is 0.416 e. The number of hydrogen-bond acceptors (Lipinski definition) is 4. The van der Waals surface area contributed by atoms with E-state index in [0.717, 1.165) is 12.1 Å².